The molecule has 0 saturated heterocycles. The van der Waals surface area contributed by atoms with E-state index in [1.807, 2.05) is 36.4 Å². The maximum atomic E-state index is 12.9. The van der Waals surface area contributed by atoms with Crippen LogP contribution in [0.25, 0.3) is 0 Å². The first-order valence-corrected chi connectivity index (χ1v) is 9.71. The Kier molecular flexibility index (Phi) is 5.66. The van der Waals surface area contributed by atoms with E-state index in [1.165, 1.54) is 6.92 Å². The number of ether oxygens (including phenoxy) is 2. The van der Waals surface area contributed by atoms with Crippen LogP contribution in [-0.2, 0) is 19.1 Å². The minimum atomic E-state index is -0.675. The van der Waals surface area contributed by atoms with Gasteiger partial charge in [0.05, 0.1) is 0 Å². The standard InChI is InChI=1S/C24H20N2O5/c1-15(27)25-16-10-12-17(13-11-16)26-22(28)14-30-24(29)23-18-6-2-4-8-20(18)31-21-9-5-3-7-19(21)23/h2-13,23H,14H2,1H3,(H,25,27)(H,26,28). The van der Waals surface area contributed by atoms with Crippen LogP contribution < -0.4 is 15.4 Å². The summed E-state index contributed by atoms with van der Waals surface area (Å²) in [7, 11) is 0. The van der Waals surface area contributed by atoms with Gasteiger partial charge in [-0.25, -0.2) is 0 Å². The summed E-state index contributed by atoms with van der Waals surface area (Å²) < 4.78 is 11.2. The van der Waals surface area contributed by atoms with Gasteiger partial charge in [-0.3, -0.25) is 14.4 Å². The van der Waals surface area contributed by atoms with E-state index >= 15 is 0 Å². The van der Waals surface area contributed by atoms with E-state index in [0.29, 0.717) is 34.0 Å². The van der Waals surface area contributed by atoms with Gasteiger partial charge in [-0.2, -0.15) is 0 Å². The summed E-state index contributed by atoms with van der Waals surface area (Å²) >= 11 is 0. The first-order chi connectivity index (χ1) is 15.0. The molecule has 3 aromatic carbocycles. The SMILES string of the molecule is CC(=O)Nc1ccc(NC(=O)COC(=O)C2c3ccccc3Oc3ccccc32)cc1. The van der Waals surface area contributed by atoms with Crippen molar-refractivity contribution in [3.05, 3.63) is 83.9 Å². The minimum absolute atomic E-state index is 0.181. The lowest BCUT2D eigenvalue weighted by Gasteiger charge is -2.26. The van der Waals surface area contributed by atoms with Gasteiger partial charge in [-0.15, -0.1) is 0 Å². The predicted octanol–water partition coefficient (Wildman–Crippen LogP) is 4.06. The number of carbonyl (C=O) groups excluding carboxylic acids is 3. The number of hydrogen-bond donors (Lipinski definition) is 2. The highest BCUT2D eigenvalue weighted by atomic mass is 16.5. The molecular formula is C24H20N2O5. The van der Waals surface area contributed by atoms with E-state index in [2.05, 4.69) is 10.6 Å². The van der Waals surface area contributed by atoms with E-state index < -0.39 is 24.4 Å². The molecule has 1 aliphatic heterocycles. The third kappa shape index (κ3) is 4.56. The van der Waals surface area contributed by atoms with Crippen LogP contribution in [0.2, 0.25) is 0 Å². The lowest BCUT2D eigenvalue weighted by molar-refractivity contribution is -0.148. The smallest absolute Gasteiger partial charge is 0.318 e. The highest BCUT2D eigenvalue weighted by Gasteiger charge is 2.33. The summed E-state index contributed by atoms with van der Waals surface area (Å²) in [5.41, 5.74) is 2.53. The van der Waals surface area contributed by atoms with Gasteiger partial charge in [0, 0.05) is 29.4 Å². The third-order valence-electron chi connectivity index (χ3n) is 4.75. The first kappa shape index (κ1) is 20.2. The fraction of sp³-hybridized carbons (Fsp3) is 0.125. The number of amides is 2. The van der Waals surface area contributed by atoms with Crippen molar-refractivity contribution in [2.75, 3.05) is 17.2 Å². The van der Waals surface area contributed by atoms with Crippen LogP contribution in [0.4, 0.5) is 11.4 Å². The highest BCUT2D eigenvalue weighted by molar-refractivity contribution is 5.94. The lowest BCUT2D eigenvalue weighted by Crippen LogP contribution is -2.26. The monoisotopic (exact) mass is 416 g/mol. The lowest BCUT2D eigenvalue weighted by atomic mass is 9.88. The van der Waals surface area contributed by atoms with Crippen molar-refractivity contribution in [1.82, 2.24) is 0 Å². The van der Waals surface area contributed by atoms with Gasteiger partial charge >= 0.3 is 5.97 Å². The zero-order valence-corrected chi connectivity index (χ0v) is 16.8. The molecule has 0 spiro atoms. The molecule has 2 N–H and O–H groups in total. The molecule has 0 saturated carbocycles. The van der Waals surface area contributed by atoms with Crippen molar-refractivity contribution in [1.29, 1.82) is 0 Å². The molecule has 4 rings (SSSR count). The Hall–Kier alpha value is -4.13. The van der Waals surface area contributed by atoms with Gasteiger partial charge in [-0.05, 0) is 36.4 Å². The first-order valence-electron chi connectivity index (χ1n) is 9.71. The van der Waals surface area contributed by atoms with Gasteiger partial charge < -0.3 is 20.1 Å². The predicted molar refractivity (Wildman–Crippen MR) is 115 cm³/mol. The third-order valence-corrected chi connectivity index (χ3v) is 4.75. The number of benzene rings is 3. The summed E-state index contributed by atoms with van der Waals surface area (Å²) in [5, 5.41) is 5.31. The van der Waals surface area contributed by atoms with Crippen molar-refractivity contribution in [2.45, 2.75) is 12.8 Å². The number of esters is 1. The molecule has 0 unspecified atom stereocenters. The molecule has 3 aromatic rings. The quantitative estimate of drug-likeness (QED) is 0.612. The van der Waals surface area contributed by atoms with E-state index in [-0.39, 0.29) is 5.91 Å². The van der Waals surface area contributed by atoms with Crippen LogP contribution in [0.3, 0.4) is 0 Å². The Balaban J connectivity index is 1.42. The summed E-state index contributed by atoms with van der Waals surface area (Å²) in [6.45, 7) is 0.993. The molecular weight excluding hydrogens is 396 g/mol. The topological polar surface area (TPSA) is 93.7 Å². The Morgan fingerprint density at radius 2 is 1.32 bits per heavy atom. The molecule has 7 heteroatoms. The molecule has 1 heterocycles. The average Bonchev–Trinajstić information content (AvgIpc) is 2.77. The normalized spacial score (nSPS) is 12.0. The van der Waals surface area contributed by atoms with Gasteiger partial charge in [0.2, 0.25) is 5.91 Å². The van der Waals surface area contributed by atoms with Gasteiger partial charge in [-0.1, -0.05) is 36.4 Å². The summed E-state index contributed by atoms with van der Waals surface area (Å²) in [4.78, 5) is 36.3. The number of hydrogen-bond acceptors (Lipinski definition) is 5. The maximum absolute atomic E-state index is 12.9. The van der Waals surface area contributed by atoms with E-state index in [4.69, 9.17) is 9.47 Å². The molecule has 0 bridgehead atoms. The van der Waals surface area contributed by atoms with Crippen LogP contribution in [-0.4, -0.2) is 24.4 Å². The average molecular weight is 416 g/mol. The number of nitrogens with one attached hydrogen (secondary N) is 2. The molecule has 0 fully saturated rings. The second-order valence-corrected chi connectivity index (χ2v) is 7.03. The van der Waals surface area contributed by atoms with Crippen molar-refractivity contribution in [3.63, 3.8) is 0 Å². The molecule has 1 aliphatic rings. The van der Waals surface area contributed by atoms with E-state index in [9.17, 15) is 14.4 Å². The fourth-order valence-corrected chi connectivity index (χ4v) is 3.42. The van der Waals surface area contributed by atoms with Crippen molar-refractivity contribution >= 4 is 29.2 Å². The van der Waals surface area contributed by atoms with E-state index in [0.717, 1.165) is 0 Å². The second-order valence-electron chi connectivity index (χ2n) is 7.03. The molecule has 0 atom stereocenters. The summed E-state index contributed by atoms with van der Waals surface area (Å²) in [6.07, 6.45) is 0. The zero-order chi connectivity index (χ0) is 21.8. The number of para-hydroxylation sites is 2. The molecule has 0 aromatic heterocycles. The number of anilines is 2. The molecule has 156 valence electrons. The van der Waals surface area contributed by atoms with Crippen LogP contribution in [0.5, 0.6) is 11.5 Å². The van der Waals surface area contributed by atoms with Crippen LogP contribution in [0.15, 0.2) is 72.8 Å². The largest absolute Gasteiger partial charge is 0.457 e. The van der Waals surface area contributed by atoms with Crippen LogP contribution in [0, 0.1) is 0 Å². The molecule has 0 radical (unpaired) electrons. The highest BCUT2D eigenvalue weighted by Crippen LogP contribution is 2.44. The molecule has 31 heavy (non-hydrogen) atoms. The zero-order valence-electron chi connectivity index (χ0n) is 16.8. The summed E-state index contributed by atoms with van der Waals surface area (Å²) in [6, 6.07) is 21.2. The van der Waals surface area contributed by atoms with E-state index in [1.54, 1.807) is 36.4 Å². The number of fused-ring (bicyclic) bond motifs is 2. The number of carbonyl (C=O) groups is 3. The van der Waals surface area contributed by atoms with Gasteiger partial charge in [0.1, 0.15) is 17.4 Å². The molecule has 0 aliphatic carbocycles. The summed E-state index contributed by atoms with van der Waals surface area (Å²) in [5.74, 6) is -0.668. The minimum Gasteiger partial charge on any atom is -0.457 e. The Bertz CT molecular complexity index is 1100. The van der Waals surface area contributed by atoms with Crippen LogP contribution in [0.1, 0.15) is 24.0 Å². The Morgan fingerprint density at radius 3 is 1.87 bits per heavy atom. The van der Waals surface area contributed by atoms with Gasteiger partial charge in [0.15, 0.2) is 6.61 Å². The second kappa shape index (κ2) is 8.71. The number of rotatable bonds is 5. The fourth-order valence-electron chi connectivity index (χ4n) is 3.42. The molecule has 2 amide bonds. The van der Waals surface area contributed by atoms with Crippen molar-refractivity contribution in [2.24, 2.45) is 0 Å². The molecule has 7 nitrogen and oxygen atoms in total. The maximum Gasteiger partial charge on any atom is 0.318 e. The van der Waals surface area contributed by atoms with Crippen molar-refractivity contribution in [3.8, 4) is 11.5 Å². The van der Waals surface area contributed by atoms with Gasteiger partial charge in [0.25, 0.3) is 5.91 Å². The Morgan fingerprint density at radius 1 is 0.806 bits per heavy atom. The Labute approximate surface area is 179 Å². The van der Waals surface area contributed by atoms with Crippen LogP contribution >= 0.6 is 0 Å². The van der Waals surface area contributed by atoms with Crippen molar-refractivity contribution < 1.29 is 23.9 Å².